The molecule has 4 aliphatic carbocycles. The van der Waals surface area contributed by atoms with E-state index in [0.717, 1.165) is 25.5 Å². The lowest BCUT2D eigenvalue weighted by Gasteiger charge is -2.58. The molecule has 5 aliphatic rings. The van der Waals surface area contributed by atoms with Gasteiger partial charge in [-0.1, -0.05) is 90.8 Å². The zero-order valence-corrected chi connectivity index (χ0v) is 29.0. The second-order valence-corrected chi connectivity index (χ2v) is 17.0. The molecule has 0 aromatic carbocycles. The second-order valence-electron chi connectivity index (χ2n) is 17.0. The van der Waals surface area contributed by atoms with Crippen molar-refractivity contribution < 1.29 is 23.9 Å². The Morgan fingerprint density at radius 2 is 1.40 bits per heavy atom. The first-order chi connectivity index (χ1) is 21.1. The predicted molar refractivity (Wildman–Crippen MR) is 179 cm³/mol. The molecule has 5 fully saturated rings. The third-order valence-corrected chi connectivity index (χ3v) is 13.6. The monoisotopic (exact) mass is 618 g/mol. The molecule has 0 N–H and O–H groups in total. The zero-order valence-electron chi connectivity index (χ0n) is 29.0. The Morgan fingerprint density at radius 1 is 0.867 bits per heavy atom. The van der Waals surface area contributed by atoms with Crippen LogP contribution in [0.5, 0.6) is 0 Å². The SMILES string of the molecule is C=C1CC[C@H]2C(C)(C)CCC[C@]2(C)[C@H]1C/C=C(\CC=O)C(=O)O[C@H]1COC(=O)/C1=C/C[C@H]1C(=C)CC[C@H]2C(C)(C)CCC[C@]12C. The lowest BCUT2D eigenvalue weighted by molar-refractivity contribution is -0.144. The van der Waals surface area contributed by atoms with E-state index in [1.807, 2.05) is 12.2 Å². The van der Waals surface area contributed by atoms with Crippen LogP contribution in [0.15, 0.2) is 47.6 Å². The van der Waals surface area contributed by atoms with Crippen molar-refractivity contribution in [3.63, 3.8) is 0 Å². The highest BCUT2D eigenvalue weighted by Crippen LogP contribution is 2.63. The Balaban J connectivity index is 1.31. The second kappa shape index (κ2) is 12.6. The summed E-state index contributed by atoms with van der Waals surface area (Å²) in [7, 11) is 0. The summed E-state index contributed by atoms with van der Waals surface area (Å²) >= 11 is 0. The molecule has 0 bridgehead atoms. The zero-order chi connectivity index (χ0) is 32.8. The van der Waals surface area contributed by atoms with Gasteiger partial charge in [0, 0.05) is 12.0 Å². The molecular formula is C40H58O5. The van der Waals surface area contributed by atoms with Gasteiger partial charge in [0.05, 0.1) is 5.57 Å². The van der Waals surface area contributed by atoms with Crippen molar-refractivity contribution in [2.75, 3.05) is 6.61 Å². The van der Waals surface area contributed by atoms with Crippen molar-refractivity contribution >= 4 is 18.2 Å². The molecule has 7 atom stereocenters. The number of fused-ring (bicyclic) bond motifs is 2. The molecule has 0 radical (unpaired) electrons. The minimum atomic E-state index is -0.769. The Morgan fingerprint density at radius 3 is 1.93 bits per heavy atom. The van der Waals surface area contributed by atoms with Gasteiger partial charge in [-0.2, -0.15) is 0 Å². The Kier molecular flexibility index (Phi) is 9.53. The van der Waals surface area contributed by atoms with Crippen molar-refractivity contribution in [3.8, 4) is 0 Å². The molecule has 248 valence electrons. The first kappa shape index (κ1) is 33.9. The van der Waals surface area contributed by atoms with Crippen LogP contribution in [0.25, 0.3) is 0 Å². The van der Waals surface area contributed by atoms with Crippen molar-refractivity contribution in [1.82, 2.24) is 0 Å². The molecule has 4 saturated carbocycles. The van der Waals surface area contributed by atoms with Crippen LogP contribution < -0.4 is 0 Å². The van der Waals surface area contributed by atoms with Crippen LogP contribution in [0.2, 0.25) is 0 Å². The van der Waals surface area contributed by atoms with Gasteiger partial charge in [0.1, 0.15) is 12.9 Å². The minimum Gasteiger partial charge on any atom is -0.458 e. The van der Waals surface area contributed by atoms with E-state index in [0.29, 0.717) is 41.2 Å². The smallest absolute Gasteiger partial charge is 0.337 e. The van der Waals surface area contributed by atoms with E-state index >= 15 is 0 Å². The number of hydrogen-bond acceptors (Lipinski definition) is 5. The van der Waals surface area contributed by atoms with Crippen molar-refractivity contribution in [3.05, 3.63) is 47.6 Å². The van der Waals surface area contributed by atoms with Gasteiger partial charge in [0.25, 0.3) is 0 Å². The fraction of sp³-hybridized carbons (Fsp3) is 0.725. The van der Waals surface area contributed by atoms with Crippen LogP contribution in [-0.2, 0) is 23.9 Å². The molecule has 5 rings (SSSR count). The van der Waals surface area contributed by atoms with Crippen molar-refractivity contribution in [1.29, 1.82) is 0 Å². The number of cyclic esters (lactones) is 1. The Labute approximate surface area is 272 Å². The Bertz CT molecular complexity index is 1280. The lowest BCUT2D eigenvalue weighted by atomic mass is 9.47. The molecule has 1 saturated heterocycles. The molecule has 1 heterocycles. The number of rotatable bonds is 8. The first-order valence-electron chi connectivity index (χ1n) is 17.7. The molecule has 1 aliphatic heterocycles. The summed E-state index contributed by atoms with van der Waals surface area (Å²) < 4.78 is 11.4. The third-order valence-electron chi connectivity index (χ3n) is 13.6. The molecule has 0 spiro atoms. The molecule has 0 aromatic rings. The largest absolute Gasteiger partial charge is 0.458 e. The van der Waals surface area contributed by atoms with E-state index in [4.69, 9.17) is 9.47 Å². The van der Waals surface area contributed by atoms with E-state index < -0.39 is 18.0 Å². The van der Waals surface area contributed by atoms with Gasteiger partial charge in [0.2, 0.25) is 0 Å². The highest BCUT2D eigenvalue weighted by Gasteiger charge is 2.54. The summed E-state index contributed by atoms with van der Waals surface area (Å²) in [6, 6.07) is 0. The average molecular weight is 619 g/mol. The third kappa shape index (κ3) is 6.31. The van der Waals surface area contributed by atoms with Gasteiger partial charge in [-0.25, -0.2) is 9.59 Å². The molecule has 5 nitrogen and oxygen atoms in total. The summed E-state index contributed by atoms with van der Waals surface area (Å²) in [6.45, 7) is 23.4. The van der Waals surface area contributed by atoms with Crippen LogP contribution in [0.1, 0.15) is 125 Å². The average Bonchev–Trinajstić information content (AvgIpc) is 3.28. The van der Waals surface area contributed by atoms with Crippen LogP contribution >= 0.6 is 0 Å². The Hall–Kier alpha value is -2.43. The molecule has 5 heteroatoms. The fourth-order valence-corrected chi connectivity index (χ4v) is 11.2. The number of hydrogen-bond donors (Lipinski definition) is 0. The predicted octanol–water partition coefficient (Wildman–Crippen LogP) is 9.27. The van der Waals surface area contributed by atoms with E-state index in [9.17, 15) is 14.4 Å². The van der Waals surface area contributed by atoms with Gasteiger partial charge in [-0.15, -0.1) is 0 Å². The lowest BCUT2D eigenvalue weighted by Crippen LogP contribution is -2.49. The number of allylic oxidation sites excluding steroid dienone is 4. The van der Waals surface area contributed by atoms with E-state index in [1.165, 1.54) is 56.1 Å². The maximum absolute atomic E-state index is 13.5. The van der Waals surface area contributed by atoms with Crippen molar-refractivity contribution in [2.45, 2.75) is 131 Å². The van der Waals surface area contributed by atoms with Gasteiger partial charge in [0.15, 0.2) is 6.10 Å². The van der Waals surface area contributed by atoms with Gasteiger partial charge in [-0.3, -0.25) is 0 Å². The standard InChI is InChI=1S/C40H58O5/c1-26-11-17-33-37(3,4)20-9-22-39(33,7)30(26)15-13-28(19-24-41)35(42)45-32-25-44-36(43)29(32)14-16-31-27(2)12-18-34-38(5,6)21-10-23-40(31,34)8/h13-14,24,30-34H,1-2,9-12,15-23,25H2,3-8H3/b28-13+,29-14+/t30-,31-,32-,33-,34-,39+,40+/m0/s1. The number of ether oxygens (including phenoxy) is 2. The fourth-order valence-electron chi connectivity index (χ4n) is 11.2. The van der Waals surface area contributed by atoms with E-state index in [2.05, 4.69) is 54.7 Å². The summed E-state index contributed by atoms with van der Waals surface area (Å²) in [5, 5.41) is 0. The van der Waals surface area contributed by atoms with Gasteiger partial charge < -0.3 is 14.3 Å². The van der Waals surface area contributed by atoms with Crippen LogP contribution in [0.3, 0.4) is 0 Å². The molecule has 0 amide bonds. The van der Waals surface area contributed by atoms with E-state index in [-0.39, 0.29) is 41.1 Å². The van der Waals surface area contributed by atoms with Gasteiger partial charge in [-0.05, 0) is 110 Å². The van der Waals surface area contributed by atoms with Crippen molar-refractivity contribution in [2.24, 2.45) is 45.3 Å². The van der Waals surface area contributed by atoms with Gasteiger partial charge >= 0.3 is 11.9 Å². The summed E-state index contributed by atoms with van der Waals surface area (Å²) in [6.07, 6.45) is 16.8. The normalized spacial score (nSPS) is 38.7. The highest BCUT2D eigenvalue weighted by molar-refractivity contribution is 5.95. The molecular weight excluding hydrogens is 560 g/mol. The minimum absolute atomic E-state index is 0.0115. The molecule has 0 unspecified atom stereocenters. The topological polar surface area (TPSA) is 69.7 Å². The summed E-state index contributed by atoms with van der Waals surface area (Å²) in [5.41, 5.74) is 4.13. The number of carbonyl (C=O) groups excluding carboxylic acids is 3. The number of carbonyl (C=O) groups is 3. The maximum Gasteiger partial charge on any atom is 0.337 e. The quantitative estimate of drug-likeness (QED) is 0.117. The van der Waals surface area contributed by atoms with Crippen LogP contribution in [0, 0.1) is 45.3 Å². The summed E-state index contributed by atoms with van der Waals surface area (Å²) in [4.78, 5) is 38.1. The number of aldehydes is 1. The van der Waals surface area contributed by atoms with Crippen LogP contribution in [-0.4, -0.2) is 30.9 Å². The number of esters is 2. The highest BCUT2D eigenvalue weighted by atomic mass is 16.6. The first-order valence-corrected chi connectivity index (χ1v) is 17.7. The molecule has 0 aromatic heterocycles. The van der Waals surface area contributed by atoms with E-state index in [1.54, 1.807) is 0 Å². The van der Waals surface area contributed by atoms with Crippen LogP contribution in [0.4, 0.5) is 0 Å². The molecule has 45 heavy (non-hydrogen) atoms. The summed E-state index contributed by atoms with van der Waals surface area (Å²) in [5.74, 6) is 0.804. The maximum atomic E-state index is 13.5.